The van der Waals surface area contributed by atoms with Gasteiger partial charge in [-0.25, -0.2) is 0 Å². The Balaban J connectivity index is 1.45. The van der Waals surface area contributed by atoms with Crippen LogP contribution < -0.4 is 10.6 Å². The molecular formula is C33H35Cl2N3O3. The van der Waals surface area contributed by atoms with E-state index in [0.717, 1.165) is 36.2 Å². The number of primary amides is 1. The highest BCUT2D eigenvalue weighted by atomic mass is 35.5. The molecule has 214 valence electrons. The molecule has 6 rings (SSSR count). The third-order valence-corrected chi connectivity index (χ3v) is 8.92. The first-order valence-corrected chi connectivity index (χ1v) is 15.2. The van der Waals surface area contributed by atoms with Gasteiger partial charge in [0.05, 0.1) is 18.5 Å². The minimum absolute atomic E-state index is 0.0805. The van der Waals surface area contributed by atoms with Crippen molar-refractivity contribution < 1.29 is 14.3 Å². The van der Waals surface area contributed by atoms with Crippen LogP contribution in [-0.2, 0) is 14.3 Å². The molecule has 6 nitrogen and oxygen atoms in total. The summed E-state index contributed by atoms with van der Waals surface area (Å²) in [5, 5.41) is 1.20. The smallest absolute Gasteiger partial charge is 0.253 e. The number of morpholine rings is 1. The van der Waals surface area contributed by atoms with Crippen molar-refractivity contribution in [3.63, 3.8) is 0 Å². The van der Waals surface area contributed by atoms with Crippen LogP contribution >= 0.6 is 23.2 Å². The Hall–Kier alpha value is -3.06. The van der Waals surface area contributed by atoms with Crippen LogP contribution in [0.25, 0.3) is 0 Å². The number of hydrogen-bond donors (Lipinski definition) is 1. The minimum atomic E-state index is -0.977. The molecule has 41 heavy (non-hydrogen) atoms. The van der Waals surface area contributed by atoms with Crippen molar-refractivity contribution in [3.05, 3.63) is 100 Å². The molecule has 8 heteroatoms. The van der Waals surface area contributed by atoms with Gasteiger partial charge in [0.1, 0.15) is 12.2 Å². The largest absolute Gasteiger partial charge is 0.370 e. The zero-order valence-electron chi connectivity index (χ0n) is 22.9. The Morgan fingerprint density at radius 1 is 0.927 bits per heavy atom. The first-order valence-electron chi connectivity index (χ1n) is 14.4. The van der Waals surface area contributed by atoms with Crippen LogP contribution in [-0.4, -0.2) is 41.9 Å². The average Bonchev–Trinajstić information content (AvgIpc) is 3.89. The van der Waals surface area contributed by atoms with Crippen molar-refractivity contribution in [1.82, 2.24) is 4.90 Å². The molecule has 0 bridgehead atoms. The quantitative estimate of drug-likeness (QED) is 0.273. The lowest BCUT2D eigenvalue weighted by Gasteiger charge is -2.49. The molecule has 0 radical (unpaired) electrons. The van der Waals surface area contributed by atoms with E-state index in [1.54, 1.807) is 0 Å². The summed E-state index contributed by atoms with van der Waals surface area (Å²) in [5.41, 5.74) is 8.56. The molecule has 3 fully saturated rings. The van der Waals surface area contributed by atoms with E-state index in [1.807, 2.05) is 59.5 Å². The van der Waals surface area contributed by atoms with Crippen molar-refractivity contribution in [3.8, 4) is 0 Å². The summed E-state index contributed by atoms with van der Waals surface area (Å²) in [5.74, 6) is 0.259. The van der Waals surface area contributed by atoms with Gasteiger partial charge in [-0.1, -0.05) is 65.7 Å². The molecule has 0 spiro atoms. The number of anilines is 1. The van der Waals surface area contributed by atoms with Crippen LogP contribution in [0.3, 0.4) is 0 Å². The monoisotopic (exact) mass is 591 g/mol. The number of rotatable bonds is 11. The fourth-order valence-corrected chi connectivity index (χ4v) is 6.42. The van der Waals surface area contributed by atoms with Crippen molar-refractivity contribution >= 4 is 40.7 Å². The number of benzene rings is 3. The van der Waals surface area contributed by atoms with E-state index in [9.17, 15) is 9.59 Å². The lowest BCUT2D eigenvalue weighted by molar-refractivity contribution is -0.181. The van der Waals surface area contributed by atoms with E-state index in [2.05, 4.69) is 29.2 Å². The Labute approximate surface area is 251 Å². The summed E-state index contributed by atoms with van der Waals surface area (Å²) in [6, 6.07) is 25.1. The van der Waals surface area contributed by atoms with Crippen molar-refractivity contribution in [2.45, 2.75) is 56.4 Å². The van der Waals surface area contributed by atoms with E-state index in [-0.39, 0.29) is 18.4 Å². The Kier molecular flexibility index (Phi) is 8.25. The zero-order chi connectivity index (χ0) is 28.5. The molecule has 2 N–H and O–H groups in total. The lowest BCUT2D eigenvalue weighted by Crippen LogP contribution is -2.58. The van der Waals surface area contributed by atoms with Gasteiger partial charge in [0.2, 0.25) is 5.91 Å². The molecule has 1 saturated heterocycles. The number of amides is 2. The highest BCUT2D eigenvalue weighted by Gasteiger charge is 2.51. The molecular weight excluding hydrogens is 557 g/mol. The lowest BCUT2D eigenvalue weighted by atomic mass is 9.89. The summed E-state index contributed by atoms with van der Waals surface area (Å²) in [7, 11) is 0. The van der Waals surface area contributed by atoms with E-state index in [4.69, 9.17) is 33.7 Å². The van der Waals surface area contributed by atoms with Gasteiger partial charge in [-0.3, -0.25) is 9.59 Å². The number of nitrogens with two attached hydrogens (primary N) is 1. The summed E-state index contributed by atoms with van der Waals surface area (Å²) >= 11 is 12.7. The molecule has 3 aromatic carbocycles. The second-order valence-corrected chi connectivity index (χ2v) is 12.5. The van der Waals surface area contributed by atoms with Crippen LogP contribution in [0.15, 0.2) is 78.9 Å². The van der Waals surface area contributed by atoms with Crippen LogP contribution in [0.4, 0.5) is 5.69 Å². The molecule has 3 aliphatic rings. The summed E-state index contributed by atoms with van der Waals surface area (Å²) in [6.07, 6.45) is 2.87. The number of halogens is 2. The highest BCUT2D eigenvalue weighted by molar-refractivity contribution is 6.30. The summed E-state index contributed by atoms with van der Waals surface area (Å²) in [6.45, 7) is 1.66. The predicted molar refractivity (Wildman–Crippen MR) is 162 cm³/mol. The maximum absolute atomic E-state index is 14.4. The van der Waals surface area contributed by atoms with Crippen molar-refractivity contribution in [1.29, 1.82) is 0 Å². The fourth-order valence-electron chi connectivity index (χ4n) is 6.09. The molecule has 0 aromatic heterocycles. The normalized spacial score (nSPS) is 23.3. The minimum Gasteiger partial charge on any atom is -0.370 e. The molecule has 2 amide bonds. The van der Waals surface area contributed by atoms with Crippen molar-refractivity contribution in [2.24, 2.45) is 17.6 Å². The SMILES string of the molecule is NC(=O)C[C@H]1O[C@H](c2cccc(Cl)c2)[C@@H](c2ccc(Cl)cc2)N([C@H](CN(CC2CC2)c2ccccc2)C2CC2)C1=O. The standard InChI is InChI=1S/C33H35Cl2N3O3/c34-25-15-13-23(14-16-25)31-32(24-5-4-6-26(35)17-24)41-29(18-30(36)39)33(40)38(31)28(22-11-12-22)20-37(19-21-9-10-21)27-7-2-1-3-8-27/h1-8,13-17,21-22,28-29,31-32H,9-12,18-20H2,(H2,36,39)/t28-,29-,31-,32-/m1/s1. The van der Waals surface area contributed by atoms with Crippen LogP contribution in [0, 0.1) is 11.8 Å². The average molecular weight is 593 g/mol. The summed E-state index contributed by atoms with van der Waals surface area (Å²) < 4.78 is 6.50. The highest BCUT2D eigenvalue weighted by Crippen LogP contribution is 2.48. The van der Waals surface area contributed by atoms with Gasteiger partial charge in [0, 0.05) is 28.8 Å². The second-order valence-electron chi connectivity index (χ2n) is 11.6. The maximum atomic E-state index is 14.4. The zero-order valence-corrected chi connectivity index (χ0v) is 24.4. The second kappa shape index (κ2) is 12.0. The van der Waals surface area contributed by atoms with E-state index in [1.165, 1.54) is 12.8 Å². The van der Waals surface area contributed by atoms with Crippen LogP contribution in [0.1, 0.15) is 55.4 Å². The van der Waals surface area contributed by atoms with Crippen LogP contribution in [0.5, 0.6) is 0 Å². The van der Waals surface area contributed by atoms with Crippen LogP contribution in [0.2, 0.25) is 10.0 Å². The number of nitrogens with zero attached hydrogens (tertiary/aromatic N) is 2. The van der Waals surface area contributed by atoms with E-state index >= 15 is 0 Å². The topological polar surface area (TPSA) is 75.9 Å². The Bertz CT molecular complexity index is 1380. The fraction of sp³-hybridized carbons (Fsp3) is 0.394. The number of carbonyl (C=O) groups is 2. The van der Waals surface area contributed by atoms with Gasteiger partial charge in [0.15, 0.2) is 0 Å². The first-order chi connectivity index (χ1) is 19.9. The maximum Gasteiger partial charge on any atom is 0.253 e. The van der Waals surface area contributed by atoms with Gasteiger partial charge in [0.25, 0.3) is 5.91 Å². The molecule has 1 heterocycles. The number of ether oxygens (including phenoxy) is 1. The Morgan fingerprint density at radius 2 is 1.66 bits per heavy atom. The number of para-hydroxylation sites is 1. The van der Waals surface area contributed by atoms with Gasteiger partial charge in [-0.15, -0.1) is 0 Å². The molecule has 1 aliphatic heterocycles. The molecule has 2 saturated carbocycles. The third kappa shape index (κ3) is 6.56. The first kappa shape index (κ1) is 28.1. The number of hydrogen-bond acceptors (Lipinski definition) is 4. The Morgan fingerprint density at radius 3 is 2.29 bits per heavy atom. The van der Waals surface area contributed by atoms with Gasteiger partial charge in [-0.2, -0.15) is 0 Å². The predicted octanol–water partition coefficient (Wildman–Crippen LogP) is 6.57. The van der Waals surface area contributed by atoms with Gasteiger partial charge >= 0.3 is 0 Å². The van der Waals surface area contributed by atoms with E-state index < -0.39 is 24.2 Å². The van der Waals surface area contributed by atoms with E-state index in [0.29, 0.717) is 28.4 Å². The van der Waals surface area contributed by atoms with Crippen molar-refractivity contribution in [2.75, 3.05) is 18.0 Å². The summed E-state index contributed by atoms with van der Waals surface area (Å²) in [4.78, 5) is 31.0. The van der Waals surface area contributed by atoms with Gasteiger partial charge < -0.3 is 20.3 Å². The molecule has 2 aliphatic carbocycles. The molecule has 3 aromatic rings. The molecule has 0 unspecified atom stereocenters. The van der Waals surface area contributed by atoms with Gasteiger partial charge in [-0.05, 0) is 85.0 Å². The molecule has 4 atom stereocenters. The third-order valence-electron chi connectivity index (χ3n) is 8.43. The number of carbonyl (C=O) groups excluding carboxylic acids is 2.